The normalized spacial score (nSPS) is 19.8. The van der Waals surface area contributed by atoms with E-state index in [-0.39, 0.29) is 28.8 Å². The van der Waals surface area contributed by atoms with Crippen LogP contribution in [0.2, 0.25) is 5.02 Å². The van der Waals surface area contributed by atoms with E-state index in [4.69, 9.17) is 16.6 Å². The van der Waals surface area contributed by atoms with Crippen molar-refractivity contribution in [3.05, 3.63) is 51.0 Å². The molecule has 1 saturated heterocycles. The molecule has 1 aliphatic carbocycles. The number of hydrogen-bond acceptors (Lipinski definition) is 5. The molecule has 3 heterocycles. The van der Waals surface area contributed by atoms with E-state index in [1.54, 1.807) is 4.68 Å². The van der Waals surface area contributed by atoms with E-state index < -0.39 is 0 Å². The van der Waals surface area contributed by atoms with E-state index in [2.05, 4.69) is 15.3 Å². The Morgan fingerprint density at radius 2 is 2.03 bits per heavy atom. The SMILES string of the molecule is O=C(C1CCC1)N1CCCC(c2nc3c(nnn3Cc3ccccc3Cl)c(=O)[nH]2)C1. The van der Waals surface area contributed by atoms with Gasteiger partial charge in [-0.2, -0.15) is 0 Å². The maximum atomic E-state index is 12.7. The van der Waals surface area contributed by atoms with Gasteiger partial charge in [-0.15, -0.1) is 5.10 Å². The van der Waals surface area contributed by atoms with Crippen LogP contribution < -0.4 is 5.56 Å². The number of piperidine rings is 1. The van der Waals surface area contributed by atoms with Crippen LogP contribution in [0.25, 0.3) is 11.2 Å². The molecular formula is C21H23ClN6O2. The molecule has 2 aliphatic rings. The number of carbonyl (C=O) groups is 1. The molecule has 0 bridgehead atoms. The van der Waals surface area contributed by atoms with E-state index in [0.29, 0.717) is 29.6 Å². The Labute approximate surface area is 178 Å². The first-order chi connectivity index (χ1) is 14.6. The lowest BCUT2D eigenvalue weighted by molar-refractivity contribution is -0.139. The minimum atomic E-state index is -0.303. The molecule has 1 atom stereocenters. The highest BCUT2D eigenvalue weighted by Gasteiger charge is 2.33. The number of hydrogen-bond donors (Lipinski definition) is 1. The van der Waals surface area contributed by atoms with Crippen molar-refractivity contribution < 1.29 is 4.79 Å². The fourth-order valence-corrected chi connectivity index (χ4v) is 4.48. The molecule has 1 amide bonds. The largest absolute Gasteiger partial charge is 0.342 e. The van der Waals surface area contributed by atoms with Crippen molar-refractivity contribution >= 4 is 28.7 Å². The van der Waals surface area contributed by atoms with Crippen LogP contribution in [0.4, 0.5) is 0 Å². The fourth-order valence-electron chi connectivity index (χ4n) is 4.28. The van der Waals surface area contributed by atoms with Gasteiger partial charge in [-0.25, -0.2) is 9.67 Å². The second-order valence-corrected chi connectivity index (χ2v) is 8.62. The number of fused-ring (bicyclic) bond motifs is 1. The van der Waals surface area contributed by atoms with Gasteiger partial charge in [0.05, 0.1) is 6.54 Å². The summed E-state index contributed by atoms with van der Waals surface area (Å²) in [5.74, 6) is 1.03. The average molecular weight is 427 g/mol. The van der Waals surface area contributed by atoms with E-state index in [1.807, 2.05) is 29.2 Å². The first-order valence-electron chi connectivity index (χ1n) is 10.5. The molecule has 1 saturated carbocycles. The Bertz CT molecular complexity index is 1150. The Kier molecular flexibility index (Phi) is 5.02. The summed E-state index contributed by atoms with van der Waals surface area (Å²) in [5.41, 5.74) is 1.23. The number of nitrogens with zero attached hydrogens (tertiary/aromatic N) is 5. The van der Waals surface area contributed by atoms with Crippen LogP contribution in [0.1, 0.15) is 49.4 Å². The van der Waals surface area contributed by atoms with Gasteiger partial charge in [-0.3, -0.25) is 9.59 Å². The lowest BCUT2D eigenvalue weighted by Crippen LogP contribution is -2.44. The highest BCUT2D eigenvalue weighted by molar-refractivity contribution is 6.31. The monoisotopic (exact) mass is 426 g/mol. The van der Waals surface area contributed by atoms with Crippen molar-refractivity contribution in [1.82, 2.24) is 29.9 Å². The average Bonchev–Trinajstić information content (AvgIpc) is 3.12. The van der Waals surface area contributed by atoms with Crippen molar-refractivity contribution in [3.8, 4) is 0 Å². The smallest absolute Gasteiger partial charge is 0.281 e. The number of aromatic amines is 1. The number of benzene rings is 1. The zero-order valence-electron chi connectivity index (χ0n) is 16.6. The van der Waals surface area contributed by atoms with Gasteiger partial charge in [0.15, 0.2) is 11.2 Å². The molecule has 9 heteroatoms. The molecule has 1 aliphatic heterocycles. The molecule has 1 N–H and O–H groups in total. The molecule has 156 valence electrons. The molecular weight excluding hydrogens is 404 g/mol. The van der Waals surface area contributed by atoms with Crippen LogP contribution >= 0.6 is 11.6 Å². The summed E-state index contributed by atoms with van der Waals surface area (Å²) in [4.78, 5) is 34.9. The molecule has 5 rings (SSSR count). The van der Waals surface area contributed by atoms with Crippen LogP contribution in [-0.2, 0) is 11.3 Å². The number of halogens is 1. The summed E-state index contributed by atoms with van der Waals surface area (Å²) in [7, 11) is 0. The highest BCUT2D eigenvalue weighted by Crippen LogP contribution is 2.31. The van der Waals surface area contributed by atoms with Crippen molar-refractivity contribution in [2.45, 2.75) is 44.6 Å². The zero-order chi connectivity index (χ0) is 20.7. The Morgan fingerprint density at radius 1 is 1.20 bits per heavy atom. The Hall–Kier alpha value is -2.74. The van der Waals surface area contributed by atoms with Crippen molar-refractivity contribution in [2.75, 3.05) is 13.1 Å². The van der Waals surface area contributed by atoms with Gasteiger partial charge >= 0.3 is 0 Å². The predicted molar refractivity (Wildman–Crippen MR) is 112 cm³/mol. The van der Waals surface area contributed by atoms with Crippen LogP contribution in [0.15, 0.2) is 29.1 Å². The maximum absolute atomic E-state index is 12.7. The van der Waals surface area contributed by atoms with Crippen molar-refractivity contribution in [1.29, 1.82) is 0 Å². The summed E-state index contributed by atoms with van der Waals surface area (Å²) in [6, 6.07) is 7.50. The molecule has 1 unspecified atom stereocenters. The van der Waals surface area contributed by atoms with Crippen LogP contribution in [-0.4, -0.2) is 48.9 Å². The number of aromatic nitrogens is 5. The zero-order valence-corrected chi connectivity index (χ0v) is 17.3. The first-order valence-corrected chi connectivity index (χ1v) is 10.8. The second-order valence-electron chi connectivity index (χ2n) is 8.21. The number of nitrogens with one attached hydrogen (secondary N) is 1. The Balaban J connectivity index is 1.44. The first kappa shape index (κ1) is 19.2. The minimum Gasteiger partial charge on any atom is -0.342 e. The molecule has 30 heavy (non-hydrogen) atoms. The van der Waals surface area contributed by atoms with Gasteiger partial charge in [0.1, 0.15) is 5.82 Å². The van der Waals surface area contributed by atoms with Crippen LogP contribution in [0.3, 0.4) is 0 Å². The number of rotatable bonds is 4. The van der Waals surface area contributed by atoms with Gasteiger partial charge in [-0.05, 0) is 37.3 Å². The summed E-state index contributed by atoms with van der Waals surface area (Å²) < 4.78 is 1.61. The number of likely N-dealkylation sites (tertiary alicyclic amines) is 1. The molecule has 0 radical (unpaired) electrons. The quantitative estimate of drug-likeness (QED) is 0.691. The third-order valence-corrected chi connectivity index (χ3v) is 6.61. The third-order valence-electron chi connectivity index (χ3n) is 6.24. The van der Waals surface area contributed by atoms with Crippen molar-refractivity contribution in [2.24, 2.45) is 5.92 Å². The van der Waals surface area contributed by atoms with Gasteiger partial charge in [0, 0.05) is 29.9 Å². The van der Waals surface area contributed by atoms with Gasteiger partial charge < -0.3 is 9.88 Å². The van der Waals surface area contributed by atoms with Gasteiger partial charge in [-0.1, -0.05) is 41.4 Å². The second kappa shape index (κ2) is 7.83. The predicted octanol–water partition coefficient (Wildman–Crippen LogP) is 2.72. The Morgan fingerprint density at radius 3 is 2.80 bits per heavy atom. The number of amides is 1. The summed E-state index contributed by atoms with van der Waals surface area (Å²) in [6.07, 6.45) is 4.92. The standard InChI is InChI=1S/C21H23ClN6O2/c22-16-9-2-1-5-14(16)12-28-19-17(25-26-28)20(29)24-18(23-19)15-8-4-10-27(11-15)21(30)13-6-3-7-13/h1-2,5,9,13,15H,3-4,6-8,10-12H2,(H,23,24,29). The summed E-state index contributed by atoms with van der Waals surface area (Å²) in [6.45, 7) is 1.75. The molecule has 2 aromatic heterocycles. The van der Waals surface area contributed by atoms with Crippen molar-refractivity contribution in [3.63, 3.8) is 0 Å². The van der Waals surface area contributed by atoms with E-state index in [0.717, 1.165) is 44.2 Å². The molecule has 1 aromatic carbocycles. The van der Waals surface area contributed by atoms with Crippen LogP contribution in [0.5, 0.6) is 0 Å². The highest BCUT2D eigenvalue weighted by atomic mass is 35.5. The molecule has 8 nitrogen and oxygen atoms in total. The van der Waals surface area contributed by atoms with Gasteiger partial charge in [0.2, 0.25) is 5.91 Å². The number of H-pyrrole nitrogens is 1. The van der Waals surface area contributed by atoms with E-state index >= 15 is 0 Å². The maximum Gasteiger partial charge on any atom is 0.281 e. The lowest BCUT2D eigenvalue weighted by atomic mass is 9.83. The number of carbonyl (C=O) groups excluding carboxylic acids is 1. The molecule has 2 fully saturated rings. The lowest BCUT2D eigenvalue weighted by Gasteiger charge is -2.36. The summed E-state index contributed by atoms with van der Waals surface area (Å²) in [5, 5.41) is 8.77. The minimum absolute atomic E-state index is 0.00328. The van der Waals surface area contributed by atoms with E-state index in [1.165, 1.54) is 0 Å². The topological polar surface area (TPSA) is 96.8 Å². The summed E-state index contributed by atoms with van der Waals surface area (Å²) >= 11 is 6.28. The van der Waals surface area contributed by atoms with E-state index in [9.17, 15) is 9.59 Å². The fraction of sp³-hybridized carbons (Fsp3) is 0.476. The molecule has 3 aromatic rings. The third kappa shape index (κ3) is 3.49. The van der Waals surface area contributed by atoms with Gasteiger partial charge in [0.25, 0.3) is 5.56 Å². The van der Waals surface area contributed by atoms with Crippen LogP contribution in [0, 0.1) is 5.92 Å². The molecule has 0 spiro atoms.